The van der Waals surface area contributed by atoms with Gasteiger partial charge in [-0.2, -0.15) is 5.26 Å². The van der Waals surface area contributed by atoms with Gasteiger partial charge in [-0.15, -0.1) is 0 Å². The van der Waals surface area contributed by atoms with Gasteiger partial charge in [-0.25, -0.2) is 0 Å². The van der Waals surface area contributed by atoms with Crippen molar-refractivity contribution in [2.24, 2.45) is 5.41 Å². The normalized spacial score (nSPS) is 13.5. The topological polar surface area (TPSA) is 82.0 Å². The Bertz CT molecular complexity index is 570. The molecule has 0 aliphatic carbocycles. The lowest BCUT2D eigenvalue weighted by Gasteiger charge is -2.15. The Morgan fingerprint density at radius 3 is 2.89 bits per heavy atom. The highest BCUT2D eigenvalue weighted by Gasteiger charge is 2.27. The van der Waals surface area contributed by atoms with Gasteiger partial charge in [0.15, 0.2) is 0 Å². The predicted molar refractivity (Wildman–Crippen MR) is 66.8 cm³/mol. The molecule has 5 heteroatoms. The van der Waals surface area contributed by atoms with Crippen LogP contribution in [0.3, 0.4) is 0 Å². The third-order valence-corrected chi connectivity index (χ3v) is 2.84. The van der Waals surface area contributed by atoms with E-state index in [2.05, 4.69) is 10.6 Å². The quantitative estimate of drug-likeness (QED) is 0.828. The van der Waals surface area contributed by atoms with Gasteiger partial charge >= 0.3 is 0 Å². The maximum absolute atomic E-state index is 11.8. The third-order valence-electron chi connectivity index (χ3n) is 2.84. The summed E-state index contributed by atoms with van der Waals surface area (Å²) >= 11 is 0. The first-order valence-corrected chi connectivity index (χ1v) is 5.58. The molecule has 18 heavy (non-hydrogen) atoms. The number of hydrogen-bond donors (Lipinski definition) is 2. The Morgan fingerprint density at radius 1 is 1.50 bits per heavy atom. The second-order valence-corrected chi connectivity index (χ2v) is 4.79. The number of nitrogens with zero attached hydrogens (tertiary/aromatic N) is 1. The molecule has 0 atom stereocenters. The molecule has 0 fully saturated rings. The smallest absolute Gasteiger partial charge is 0.244 e. The Kier molecular flexibility index (Phi) is 2.79. The lowest BCUT2D eigenvalue weighted by Crippen LogP contribution is -2.29. The molecule has 2 amide bonds. The molecule has 0 unspecified atom stereocenters. The van der Waals surface area contributed by atoms with E-state index >= 15 is 0 Å². The molecular formula is C13H13N3O2. The molecule has 0 radical (unpaired) electrons. The van der Waals surface area contributed by atoms with E-state index in [1.807, 2.05) is 6.07 Å². The van der Waals surface area contributed by atoms with Gasteiger partial charge in [-0.3, -0.25) is 9.59 Å². The van der Waals surface area contributed by atoms with Crippen LogP contribution >= 0.6 is 0 Å². The molecule has 1 aliphatic heterocycles. The fourth-order valence-corrected chi connectivity index (χ4v) is 1.65. The summed E-state index contributed by atoms with van der Waals surface area (Å²) in [6.45, 7) is 3.11. The summed E-state index contributed by atoms with van der Waals surface area (Å²) in [5.74, 6) is -0.409. The molecule has 1 aromatic rings. The number of benzene rings is 1. The highest BCUT2D eigenvalue weighted by Crippen LogP contribution is 2.27. The van der Waals surface area contributed by atoms with Crippen LogP contribution in [0.15, 0.2) is 18.2 Å². The van der Waals surface area contributed by atoms with Crippen LogP contribution in [0.4, 0.5) is 11.4 Å². The minimum Gasteiger partial charge on any atom is -0.326 e. The maximum atomic E-state index is 11.8. The zero-order chi connectivity index (χ0) is 13.3. The van der Waals surface area contributed by atoms with E-state index in [1.54, 1.807) is 32.0 Å². The molecule has 0 bridgehead atoms. The van der Waals surface area contributed by atoms with Gasteiger partial charge in [-0.1, -0.05) is 0 Å². The maximum Gasteiger partial charge on any atom is 0.244 e. The van der Waals surface area contributed by atoms with Gasteiger partial charge < -0.3 is 10.6 Å². The molecular weight excluding hydrogens is 230 g/mol. The highest BCUT2D eigenvalue weighted by molar-refractivity contribution is 6.01. The molecule has 1 heterocycles. The first kappa shape index (κ1) is 12.1. The number of fused-ring (bicyclic) bond motifs is 1. The van der Waals surface area contributed by atoms with Gasteiger partial charge in [0.25, 0.3) is 0 Å². The van der Waals surface area contributed by atoms with Crippen LogP contribution in [0, 0.1) is 16.7 Å². The molecule has 92 valence electrons. The largest absolute Gasteiger partial charge is 0.326 e. The zero-order valence-corrected chi connectivity index (χ0v) is 10.2. The lowest BCUT2D eigenvalue weighted by molar-refractivity contribution is -0.121. The Balaban J connectivity index is 2.18. The van der Waals surface area contributed by atoms with E-state index in [-0.39, 0.29) is 11.8 Å². The summed E-state index contributed by atoms with van der Waals surface area (Å²) in [5, 5.41) is 14.3. The second kappa shape index (κ2) is 4.15. The van der Waals surface area contributed by atoms with Crippen molar-refractivity contribution in [3.05, 3.63) is 23.8 Å². The van der Waals surface area contributed by atoms with Crippen LogP contribution in [0.1, 0.15) is 19.4 Å². The van der Waals surface area contributed by atoms with E-state index in [9.17, 15) is 9.59 Å². The number of hydrogen-bond acceptors (Lipinski definition) is 3. The van der Waals surface area contributed by atoms with Gasteiger partial charge in [0.2, 0.25) is 11.8 Å². The molecule has 1 aromatic carbocycles. The van der Waals surface area contributed by atoms with Crippen LogP contribution in [-0.2, 0) is 16.0 Å². The fourth-order valence-electron chi connectivity index (χ4n) is 1.65. The molecule has 2 rings (SSSR count). The summed E-state index contributed by atoms with van der Waals surface area (Å²) in [7, 11) is 0. The molecule has 1 aliphatic rings. The van der Waals surface area contributed by atoms with Crippen LogP contribution < -0.4 is 10.6 Å². The van der Waals surface area contributed by atoms with Crippen molar-refractivity contribution in [2.75, 3.05) is 10.6 Å². The van der Waals surface area contributed by atoms with Gasteiger partial charge in [0.1, 0.15) is 5.41 Å². The standard InChI is InChI=1S/C13H13N3O2/c1-13(2,7-14)12(18)15-9-3-4-10-8(5-9)6-11(17)16-10/h3-5H,6H2,1-2H3,(H,15,18)(H,16,17). The van der Waals surface area contributed by atoms with E-state index in [0.717, 1.165) is 11.3 Å². The molecule has 5 nitrogen and oxygen atoms in total. The zero-order valence-electron chi connectivity index (χ0n) is 10.2. The second-order valence-electron chi connectivity index (χ2n) is 4.79. The number of anilines is 2. The third kappa shape index (κ3) is 2.18. The summed E-state index contributed by atoms with van der Waals surface area (Å²) in [6.07, 6.45) is 0.320. The van der Waals surface area contributed by atoms with E-state index < -0.39 is 5.41 Å². The molecule has 2 N–H and O–H groups in total. The molecule has 0 saturated heterocycles. The predicted octanol–water partition coefficient (Wildman–Crippen LogP) is 1.67. The average Bonchev–Trinajstić information content (AvgIpc) is 2.68. The first-order chi connectivity index (χ1) is 8.42. The average molecular weight is 243 g/mol. The van der Waals surface area contributed by atoms with Crippen molar-refractivity contribution in [3.63, 3.8) is 0 Å². The van der Waals surface area contributed by atoms with Crippen molar-refractivity contribution in [1.82, 2.24) is 0 Å². The number of carbonyl (C=O) groups is 2. The lowest BCUT2D eigenvalue weighted by atomic mass is 9.94. The van der Waals surface area contributed by atoms with Gasteiger partial charge in [0, 0.05) is 11.4 Å². The van der Waals surface area contributed by atoms with Gasteiger partial charge in [0.05, 0.1) is 12.5 Å². The molecule has 0 aromatic heterocycles. The van der Waals surface area contributed by atoms with Crippen molar-refractivity contribution in [3.8, 4) is 6.07 Å². The summed E-state index contributed by atoms with van der Waals surface area (Å²) in [6, 6.07) is 7.14. The summed E-state index contributed by atoms with van der Waals surface area (Å²) in [4.78, 5) is 23.0. The minimum absolute atomic E-state index is 0.0502. The number of nitrogens with one attached hydrogen (secondary N) is 2. The number of rotatable bonds is 2. The summed E-state index contributed by atoms with van der Waals surface area (Å²) in [5.41, 5.74) is 1.15. The van der Waals surface area contributed by atoms with E-state index in [0.29, 0.717) is 12.1 Å². The van der Waals surface area contributed by atoms with Crippen LogP contribution in [0.25, 0.3) is 0 Å². The summed E-state index contributed by atoms with van der Waals surface area (Å²) < 4.78 is 0. The number of carbonyl (C=O) groups excluding carboxylic acids is 2. The monoisotopic (exact) mass is 243 g/mol. The fraction of sp³-hybridized carbons (Fsp3) is 0.308. The van der Waals surface area contributed by atoms with Crippen molar-refractivity contribution in [1.29, 1.82) is 5.26 Å². The van der Waals surface area contributed by atoms with Gasteiger partial charge in [-0.05, 0) is 37.6 Å². The Morgan fingerprint density at radius 2 is 2.22 bits per heavy atom. The first-order valence-electron chi connectivity index (χ1n) is 5.58. The number of amides is 2. The van der Waals surface area contributed by atoms with Crippen molar-refractivity contribution < 1.29 is 9.59 Å². The van der Waals surface area contributed by atoms with E-state index in [4.69, 9.17) is 5.26 Å². The minimum atomic E-state index is -1.08. The number of nitriles is 1. The van der Waals surface area contributed by atoms with Crippen LogP contribution in [0.5, 0.6) is 0 Å². The molecule has 0 saturated carbocycles. The van der Waals surface area contributed by atoms with Crippen LogP contribution in [-0.4, -0.2) is 11.8 Å². The Hall–Kier alpha value is -2.35. The van der Waals surface area contributed by atoms with Crippen LogP contribution in [0.2, 0.25) is 0 Å². The highest BCUT2D eigenvalue weighted by atomic mass is 16.2. The molecule has 0 spiro atoms. The SMILES string of the molecule is CC(C)(C#N)C(=O)Nc1ccc2c(c1)CC(=O)N2. The Labute approximate surface area is 105 Å². The van der Waals surface area contributed by atoms with Crippen molar-refractivity contribution >= 4 is 23.2 Å². The van der Waals surface area contributed by atoms with E-state index in [1.165, 1.54) is 0 Å². The van der Waals surface area contributed by atoms with Crippen molar-refractivity contribution in [2.45, 2.75) is 20.3 Å².